The minimum Gasteiger partial charge on any atom is -0.493 e. The largest absolute Gasteiger partial charge is 0.493 e. The highest BCUT2D eigenvalue weighted by Crippen LogP contribution is 2.40. The molecule has 0 aliphatic heterocycles. The van der Waals surface area contributed by atoms with Gasteiger partial charge in [0.2, 0.25) is 0 Å². The summed E-state index contributed by atoms with van der Waals surface area (Å²) in [4.78, 5) is 0. The Morgan fingerprint density at radius 3 is 2.38 bits per heavy atom. The van der Waals surface area contributed by atoms with Crippen LogP contribution in [0, 0.1) is 6.92 Å². The maximum atomic E-state index is 8.88. The summed E-state index contributed by atoms with van der Waals surface area (Å²) in [6, 6.07) is 2.01. The van der Waals surface area contributed by atoms with E-state index in [4.69, 9.17) is 14.6 Å². The van der Waals surface area contributed by atoms with Crippen LogP contribution in [0.1, 0.15) is 17.5 Å². The van der Waals surface area contributed by atoms with Crippen molar-refractivity contribution >= 4 is 15.9 Å². The van der Waals surface area contributed by atoms with Crippen molar-refractivity contribution in [2.24, 2.45) is 0 Å². The van der Waals surface area contributed by atoms with Crippen LogP contribution in [0.15, 0.2) is 10.5 Å². The first-order valence-corrected chi connectivity index (χ1v) is 5.95. The summed E-state index contributed by atoms with van der Waals surface area (Å²) in [5.41, 5.74) is 2.23. The Morgan fingerprint density at radius 2 is 1.88 bits per heavy atom. The van der Waals surface area contributed by atoms with Crippen molar-refractivity contribution in [3.8, 4) is 11.5 Å². The predicted octanol–water partition coefficient (Wildman–Crippen LogP) is 2.70. The van der Waals surface area contributed by atoms with Crippen molar-refractivity contribution in [2.45, 2.75) is 19.8 Å². The zero-order chi connectivity index (χ0) is 12.1. The fourth-order valence-corrected chi connectivity index (χ4v) is 2.43. The highest BCUT2D eigenvalue weighted by atomic mass is 79.9. The van der Waals surface area contributed by atoms with Gasteiger partial charge >= 0.3 is 0 Å². The van der Waals surface area contributed by atoms with E-state index in [1.165, 1.54) is 0 Å². The number of halogens is 1. The van der Waals surface area contributed by atoms with Crippen LogP contribution >= 0.6 is 15.9 Å². The monoisotopic (exact) mass is 288 g/mol. The third-order valence-corrected chi connectivity index (χ3v) is 3.10. The molecule has 0 aromatic heterocycles. The number of aryl methyl sites for hydroxylation is 1. The molecule has 0 heterocycles. The molecule has 1 rings (SSSR count). The van der Waals surface area contributed by atoms with Gasteiger partial charge in [-0.25, -0.2) is 0 Å². The second-order valence-electron chi connectivity index (χ2n) is 3.55. The van der Waals surface area contributed by atoms with E-state index in [1.807, 2.05) is 13.0 Å². The minimum absolute atomic E-state index is 0.182. The summed E-state index contributed by atoms with van der Waals surface area (Å²) in [6.07, 6.45) is 1.51. The van der Waals surface area contributed by atoms with Crippen molar-refractivity contribution in [1.82, 2.24) is 0 Å². The van der Waals surface area contributed by atoms with Crippen LogP contribution in [-0.2, 0) is 6.42 Å². The average molecular weight is 289 g/mol. The van der Waals surface area contributed by atoms with E-state index in [0.717, 1.165) is 34.2 Å². The molecule has 0 atom stereocenters. The van der Waals surface area contributed by atoms with E-state index >= 15 is 0 Å². The quantitative estimate of drug-likeness (QED) is 0.905. The van der Waals surface area contributed by atoms with Crippen molar-refractivity contribution in [2.75, 3.05) is 20.8 Å². The lowest BCUT2D eigenvalue weighted by Crippen LogP contribution is -2.01. The van der Waals surface area contributed by atoms with Gasteiger partial charge in [-0.15, -0.1) is 0 Å². The van der Waals surface area contributed by atoms with Gasteiger partial charge in [0.05, 0.1) is 18.7 Å². The summed E-state index contributed by atoms with van der Waals surface area (Å²) >= 11 is 3.45. The molecule has 0 saturated heterocycles. The van der Waals surface area contributed by atoms with Gasteiger partial charge in [-0.3, -0.25) is 0 Å². The summed E-state index contributed by atoms with van der Waals surface area (Å²) < 4.78 is 11.6. The number of ether oxygens (including phenoxy) is 2. The van der Waals surface area contributed by atoms with Gasteiger partial charge in [0.25, 0.3) is 0 Å². The van der Waals surface area contributed by atoms with Gasteiger partial charge in [0.15, 0.2) is 11.5 Å². The minimum atomic E-state index is 0.182. The van der Waals surface area contributed by atoms with Crippen molar-refractivity contribution < 1.29 is 14.6 Å². The second-order valence-corrected chi connectivity index (χ2v) is 4.40. The SMILES string of the molecule is COc1c(Br)cc(C)c(CCCO)c1OC. The smallest absolute Gasteiger partial charge is 0.175 e. The molecule has 0 bridgehead atoms. The molecule has 1 aromatic rings. The molecule has 3 nitrogen and oxygen atoms in total. The number of rotatable bonds is 5. The molecule has 0 amide bonds. The van der Waals surface area contributed by atoms with E-state index < -0.39 is 0 Å². The molecule has 90 valence electrons. The lowest BCUT2D eigenvalue weighted by atomic mass is 10.0. The summed E-state index contributed by atoms with van der Waals surface area (Å²) in [6.45, 7) is 2.21. The molecule has 0 fully saturated rings. The first-order chi connectivity index (χ1) is 7.65. The Morgan fingerprint density at radius 1 is 1.25 bits per heavy atom. The fraction of sp³-hybridized carbons (Fsp3) is 0.500. The van der Waals surface area contributed by atoms with Crippen LogP contribution in [-0.4, -0.2) is 25.9 Å². The maximum Gasteiger partial charge on any atom is 0.175 e. The molecule has 0 radical (unpaired) electrons. The Kier molecular flexibility index (Phi) is 5.09. The number of methoxy groups -OCH3 is 2. The molecule has 16 heavy (non-hydrogen) atoms. The molecule has 0 aliphatic carbocycles. The van der Waals surface area contributed by atoms with Crippen LogP contribution in [0.2, 0.25) is 0 Å². The number of aliphatic hydroxyl groups is 1. The first kappa shape index (κ1) is 13.3. The van der Waals surface area contributed by atoms with Gasteiger partial charge in [0.1, 0.15) is 0 Å². The van der Waals surface area contributed by atoms with Crippen LogP contribution in [0.5, 0.6) is 11.5 Å². The molecule has 0 spiro atoms. The Balaban J connectivity index is 3.22. The van der Waals surface area contributed by atoms with Gasteiger partial charge in [-0.1, -0.05) is 0 Å². The number of aliphatic hydroxyl groups excluding tert-OH is 1. The third kappa shape index (κ3) is 2.68. The molecular formula is C12H17BrO3. The van der Waals surface area contributed by atoms with E-state index in [1.54, 1.807) is 14.2 Å². The Bertz CT molecular complexity index is 364. The molecule has 1 N–H and O–H groups in total. The first-order valence-electron chi connectivity index (χ1n) is 5.16. The molecule has 0 aliphatic rings. The van der Waals surface area contributed by atoms with E-state index in [0.29, 0.717) is 5.75 Å². The molecular weight excluding hydrogens is 272 g/mol. The molecule has 0 saturated carbocycles. The molecule has 1 aromatic carbocycles. The molecule has 4 heteroatoms. The Hall–Kier alpha value is -0.740. The van der Waals surface area contributed by atoms with Gasteiger partial charge in [0, 0.05) is 12.2 Å². The van der Waals surface area contributed by atoms with Gasteiger partial charge in [-0.05, 0) is 47.3 Å². The lowest BCUT2D eigenvalue weighted by molar-refractivity contribution is 0.287. The van der Waals surface area contributed by atoms with Crippen LogP contribution in [0.4, 0.5) is 0 Å². The fourth-order valence-electron chi connectivity index (χ4n) is 1.74. The standard InChI is InChI=1S/C12H17BrO3/c1-8-7-10(13)12(16-3)11(15-2)9(8)5-4-6-14/h7,14H,4-6H2,1-3H3. The normalized spacial score (nSPS) is 10.3. The second kappa shape index (κ2) is 6.11. The van der Waals surface area contributed by atoms with Crippen LogP contribution < -0.4 is 9.47 Å². The predicted molar refractivity (Wildman–Crippen MR) is 67.4 cm³/mol. The van der Waals surface area contributed by atoms with Crippen molar-refractivity contribution in [3.05, 3.63) is 21.7 Å². The topological polar surface area (TPSA) is 38.7 Å². The summed E-state index contributed by atoms with van der Waals surface area (Å²) in [5.74, 6) is 1.46. The Labute approximate surface area is 105 Å². The summed E-state index contributed by atoms with van der Waals surface area (Å²) in [7, 11) is 3.25. The van der Waals surface area contributed by atoms with Gasteiger partial charge in [-0.2, -0.15) is 0 Å². The maximum absolute atomic E-state index is 8.88. The lowest BCUT2D eigenvalue weighted by Gasteiger charge is -2.16. The number of hydrogen-bond donors (Lipinski definition) is 1. The van der Waals surface area contributed by atoms with Crippen LogP contribution in [0.25, 0.3) is 0 Å². The number of hydrogen-bond acceptors (Lipinski definition) is 3. The van der Waals surface area contributed by atoms with E-state index in [-0.39, 0.29) is 6.61 Å². The van der Waals surface area contributed by atoms with Crippen LogP contribution in [0.3, 0.4) is 0 Å². The summed E-state index contributed by atoms with van der Waals surface area (Å²) in [5, 5.41) is 8.88. The molecule has 0 unspecified atom stereocenters. The van der Waals surface area contributed by atoms with Crippen molar-refractivity contribution in [3.63, 3.8) is 0 Å². The zero-order valence-electron chi connectivity index (χ0n) is 9.84. The van der Waals surface area contributed by atoms with E-state index in [2.05, 4.69) is 15.9 Å². The zero-order valence-corrected chi connectivity index (χ0v) is 11.4. The highest BCUT2D eigenvalue weighted by molar-refractivity contribution is 9.10. The van der Waals surface area contributed by atoms with Crippen molar-refractivity contribution in [1.29, 1.82) is 0 Å². The van der Waals surface area contributed by atoms with E-state index in [9.17, 15) is 0 Å². The van der Waals surface area contributed by atoms with Gasteiger partial charge < -0.3 is 14.6 Å². The number of benzene rings is 1. The third-order valence-electron chi connectivity index (χ3n) is 2.51. The average Bonchev–Trinajstić information content (AvgIpc) is 2.27. The highest BCUT2D eigenvalue weighted by Gasteiger charge is 2.16.